The molecule has 0 unspecified atom stereocenters. The number of aryl methyl sites for hydroxylation is 1. The molecule has 1 aromatic carbocycles. The van der Waals surface area contributed by atoms with Crippen molar-refractivity contribution in [2.45, 2.75) is 45.1 Å². The Morgan fingerprint density at radius 1 is 1.38 bits per heavy atom. The Morgan fingerprint density at radius 2 is 2.00 bits per heavy atom. The number of nitro groups is 1. The van der Waals surface area contributed by atoms with Gasteiger partial charge in [0.05, 0.1) is 29.9 Å². The summed E-state index contributed by atoms with van der Waals surface area (Å²) >= 11 is 0. The van der Waals surface area contributed by atoms with Crippen molar-refractivity contribution in [2.75, 3.05) is 22.9 Å². The molecule has 0 aromatic heterocycles. The Balaban J connectivity index is 2.51. The van der Waals surface area contributed by atoms with Gasteiger partial charge in [0.25, 0.3) is 5.69 Å². The minimum absolute atomic E-state index is 0.0964. The standard InChI is InChI=1S/C16H23N3O6S/c1-11-7-8-13(15(17)16(11)19(21)22)18(12-5-3-4-6-12)26(23,24)10-9-14(20)25-2/h7-8,12H,3-6,9-10,17H2,1-2H3. The molecule has 1 saturated carbocycles. The smallest absolute Gasteiger partial charge is 0.306 e. The second-order valence-corrected chi connectivity index (χ2v) is 8.26. The van der Waals surface area contributed by atoms with Crippen molar-refractivity contribution in [3.63, 3.8) is 0 Å². The Bertz CT molecular complexity index is 802. The van der Waals surface area contributed by atoms with Gasteiger partial charge < -0.3 is 10.5 Å². The molecule has 9 nitrogen and oxygen atoms in total. The lowest BCUT2D eigenvalue weighted by molar-refractivity contribution is -0.384. The van der Waals surface area contributed by atoms with Gasteiger partial charge in [-0.1, -0.05) is 18.9 Å². The van der Waals surface area contributed by atoms with E-state index < -0.39 is 26.7 Å². The summed E-state index contributed by atoms with van der Waals surface area (Å²) in [4.78, 5) is 22.1. The fraction of sp³-hybridized carbons (Fsp3) is 0.562. The molecule has 10 heteroatoms. The van der Waals surface area contributed by atoms with Crippen LogP contribution in [-0.2, 0) is 19.6 Å². The van der Waals surface area contributed by atoms with E-state index in [0.29, 0.717) is 18.4 Å². The van der Waals surface area contributed by atoms with Gasteiger partial charge in [0.1, 0.15) is 5.69 Å². The van der Waals surface area contributed by atoms with E-state index >= 15 is 0 Å². The predicted molar refractivity (Wildman–Crippen MR) is 97.4 cm³/mol. The van der Waals surface area contributed by atoms with E-state index in [-0.39, 0.29) is 29.5 Å². The summed E-state index contributed by atoms with van der Waals surface area (Å²) in [5.74, 6) is -1.08. The molecule has 2 rings (SSSR count). The van der Waals surface area contributed by atoms with E-state index in [0.717, 1.165) is 12.8 Å². The molecule has 1 aliphatic rings. The summed E-state index contributed by atoms with van der Waals surface area (Å²) in [6.45, 7) is 1.55. The van der Waals surface area contributed by atoms with Gasteiger partial charge in [0, 0.05) is 11.6 Å². The molecule has 1 fully saturated rings. The molecule has 0 amide bonds. The number of nitrogen functional groups attached to an aromatic ring is 1. The number of nitro benzene ring substituents is 1. The van der Waals surface area contributed by atoms with Gasteiger partial charge in [-0.05, 0) is 25.8 Å². The Kier molecular flexibility index (Phi) is 6.06. The summed E-state index contributed by atoms with van der Waals surface area (Å²) in [7, 11) is -2.73. The van der Waals surface area contributed by atoms with Gasteiger partial charge in [-0.15, -0.1) is 0 Å². The normalized spacial score (nSPS) is 15.0. The van der Waals surface area contributed by atoms with Crippen LogP contribution in [0.1, 0.15) is 37.7 Å². The lowest BCUT2D eigenvalue weighted by Crippen LogP contribution is -2.41. The predicted octanol–water partition coefficient (Wildman–Crippen LogP) is 2.13. The number of hydrogen-bond donors (Lipinski definition) is 1. The van der Waals surface area contributed by atoms with E-state index in [1.807, 2.05) is 0 Å². The summed E-state index contributed by atoms with van der Waals surface area (Å²) in [5.41, 5.74) is 5.97. The topological polar surface area (TPSA) is 133 Å². The van der Waals surface area contributed by atoms with Gasteiger partial charge in [0.15, 0.2) is 0 Å². The molecule has 0 saturated heterocycles. The number of ether oxygens (including phenoxy) is 1. The Labute approximate surface area is 152 Å². The molecule has 0 atom stereocenters. The fourth-order valence-corrected chi connectivity index (χ4v) is 5.01. The van der Waals surface area contributed by atoms with Crippen LogP contribution in [-0.4, -0.2) is 38.2 Å². The summed E-state index contributed by atoms with van der Waals surface area (Å²) in [5, 5.41) is 11.3. The van der Waals surface area contributed by atoms with E-state index in [1.165, 1.54) is 23.5 Å². The zero-order chi connectivity index (χ0) is 19.5. The molecule has 0 bridgehead atoms. The monoisotopic (exact) mass is 385 g/mol. The van der Waals surface area contributed by atoms with Crippen LogP contribution < -0.4 is 10.0 Å². The maximum Gasteiger partial charge on any atom is 0.306 e. The summed E-state index contributed by atoms with van der Waals surface area (Å²) < 4.78 is 31.6. The third-order valence-corrected chi connectivity index (χ3v) is 6.38. The molecule has 0 spiro atoms. The first kappa shape index (κ1) is 20.0. The number of hydrogen-bond acceptors (Lipinski definition) is 7. The Morgan fingerprint density at radius 3 is 2.54 bits per heavy atom. The third kappa shape index (κ3) is 4.06. The second kappa shape index (κ2) is 7.90. The highest BCUT2D eigenvalue weighted by Crippen LogP contribution is 2.40. The maximum absolute atomic E-state index is 12.9. The number of carbonyl (C=O) groups excluding carboxylic acids is 1. The van der Waals surface area contributed by atoms with Crippen LogP contribution in [0.25, 0.3) is 0 Å². The first-order valence-electron chi connectivity index (χ1n) is 8.31. The van der Waals surface area contributed by atoms with Crippen molar-refractivity contribution >= 4 is 33.1 Å². The van der Waals surface area contributed by atoms with Crippen LogP contribution in [0.3, 0.4) is 0 Å². The second-order valence-electron chi connectivity index (χ2n) is 6.30. The molecule has 0 heterocycles. The van der Waals surface area contributed by atoms with Crippen molar-refractivity contribution in [2.24, 2.45) is 0 Å². The highest BCUT2D eigenvalue weighted by atomic mass is 32.2. The van der Waals surface area contributed by atoms with Gasteiger partial charge >= 0.3 is 5.97 Å². The van der Waals surface area contributed by atoms with Crippen LogP contribution in [0.2, 0.25) is 0 Å². The lowest BCUT2D eigenvalue weighted by atomic mass is 10.1. The van der Waals surface area contributed by atoms with E-state index in [1.54, 1.807) is 6.92 Å². The third-order valence-electron chi connectivity index (χ3n) is 4.56. The van der Waals surface area contributed by atoms with Crippen LogP contribution in [0.5, 0.6) is 0 Å². The first-order chi connectivity index (χ1) is 12.2. The number of nitrogens with zero attached hydrogens (tertiary/aromatic N) is 2. The van der Waals surface area contributed by atoms with Gasteiger partial charge in [-0.3, -0.25) is 19.2 Å². The molecular weight excluding hydrogens is 362 g/mol. The van der Waals surface area contributed by atoms with Crippen LogP contribution in [0, 0.1) is 17.0 Å². The molecule has 144 valence electrons. The van der Waals surface area contributed by atoms with Crippen molar-refractivity contribution in [3.8, 4) is 0 Å². The number of esters is 1. The zero-order valence-electron chi connectivity index (χ0n) is 14.8. The SMILES string of the molecule is COC(=O)CCS(=O)(=O)N(c1ccc(C)c([N+](=O)[O-])c1N)C1CCCC1. The van der Waals surface area contributed by atoms with E-state index in [4.69, 9.17) is 5.73 Å². The van der Waals surface area contributed by atoms with Crippen molar-refractivity contribution in [1.82, 2.24) is 0 Å². The highest BCUT2D eigenvalue weighted by molar-refractivity contribution is 7.92. The minimum Gasteiger partial charge on any atom is -0.469 e. The average molecular weight is 385 g/mol. The number of rotatable bonds is 7. The van der Waals surface area contributed by atoms with Crippen molar-refractivity contribution < 1.29 is 22.9 Å². The van der Waals surface area contributed by atoms with Crippen molar-refractivity contribution in [3.05, 3.63) is 27.8 Å². The van der Waals surface area contributed by atoms with Crippen LogP contribution >= 0.6 is 0 Å². The number of nitrogens with two attached hydrogens (primary N) is 1. The number of carbonyl (C=O) groups is 1. The first-order valence-corrected chi connectivity index (χ1v) is 9.92. The number of benzene rings is 1. The summed E-state index contributed by atoms with van der Waals surface area (Å²) in [6, 6.07) is 2.65. The fourth-order valence-electron chi connectivity index (χ4n) is 3.27. The van der Waals surface area contributed by atoms with Gasteiger partial charge in [-0.25, -0.2) is 8.42 Å². The molecule has 0 aliphatic heterocycles. The molecule has 1 aromatic rings. The molecule has 2 N–H and O–H groups in total. The molecular formula is C16H23N3O6S. The number of methoxy groups -OCH3 is 1. The lowest BCUT2D eigenvalue weighted by Gasteiger charge is -2.31. The zero-order valence-corrected chi connectivity index (χ0v) is 15.6. The van der Waals surface area contributed by atoms with Gasteiger partial charge in [0.2, 0.25) is 10.0 Å². The maximum atomic E-state index is 12.9. The van der Waals surface area contributed by atoms with Crippen molar-refractivity contribution in [1.29, 1.82) is 0 Å². The minimum atomic E-state index is -3.91. The number of anilines is 2. The van der Waals surface area contributed by atoms with Gasteiger partial charge in [-0.2, -0.15) is 0 Å². The largest absolute Gasteiger partial charge is 0.469 e. The highest BCUT2D eigenvalue weighted by Gasteiger charge is 2.35. The quantitative estimate of drug-likeness (QED) is 0.329. The average Bonchev–Trinajstić information content (AvgIpc) is 3.08. The Hall–Kier alpha value is -2.36. The van der Waals surface area contributed by atoms with Crippen LogP contribution in [0.15, 0.2) is 12.1 Å². The number of sulfonamides is 1. The molecule has 26 heavy (non-hydrogen) atoms. The summed E-state index contributed by atoms with van der Waals surface area (Å²) in [6.07, 6.45) is 2.70. The molecule has 0 radical (unpaired) electrons. The van der Waals surface area contributed by atoms with Crippen LogP contribution in [0.4, 0.5) is 17.1 Å². The molecule has 1 aliphatic carbocycles. The van der Waals surface area contributed by atoms with E-state index in [9.17, 15) is 23.3 Å². The van der Waals surface area contributed by atoms with E-state index in [2.05, 4.69) is 4.74 Å².